The molecule has 0 unspecified atom stereocenters. The third kappa shape index (κ3) is 5.06. The Balaban J connectivity index is 1.93. The first-order chi connectivity index (χ1) is 11.5. The first kappa shape index (κ1) is 17.9. The molecule has 0 radical (unpaired) electrons. The van der Waals surface area contributed by atoms with Gasteiger partial charge in [-0.1, -0.05) is 40.2 Å². The molecule has 0 aliphatic carbocycles. The van der Waals surface area contributed by atoms with Crippen molar-refractivity contribution in [3.05, 3.63) is 70.2 Å². The summed E-state index contributed by atoms with van der Waals surface area (Å²) in [6.45, 7) is 1.56. The molecule has 0 heterocycles. The van der Waals surface area contributed by atoms with E-state index in [9.17, 15) is 9.59 Å². The van der Waals surface area contributed by atoms with Gasteiger partial charge >= 0.3 is 5.97 Å². The Kier molecular flexibility index (Phi) is 6.32. The number of ketones is 1. The highest BCUT2D eigenvalue weighted by atomic mass is 79.9. The monoisotopic (exact) mass is 388 g/mol. The molecular formula is C19H17BrO4. The van der Waals surface area contributed by atoms with Crippen LogP contribution in [0.15, 0.2) is 59.1 Å². The summed E-state index contributed by atoms with van der Waals surface area (Å²) in [6, 6.07) is 14.1. The van der Waals surface area contributed by atoms with Gasteiger partial charge in [-0.25, -0.2) is 4.79 Å². The van der Waals surface area contributed by atoms with Gasteiger partial charge in [0.1, 0.15) is 5.75 Å². The molecule has 0 fully saturated rings. The molecule has 2 aromatic rings. The maximum atomic E-state index is 12.2. The molecule has 0 saturated carbocycles. The van der Waals surface area contributed by atoms with Crippen LogP contribution in [0.5, 0.6) is 5.75 Å². The average Bonchev–Trinajstić information content (AvgIpc) is 2.60. The van der Waals surface area contributed by atoms with Gasteiger partial charge in [-0.05, 0) is 42.8 Å². The fourth-order valence-corrected chi connectivity index (χ4v) is 2.26. The van der Waals surface area contributed by atoms with Crippen LogP contribution in [-0.2, 0) is 9.53 Å². The van der Waals surface area contributed by atoms with Gasteiger partial charge in [0.05, 0.1) is 7.11 Å². The molecule has 124 valence electrons. The number of Topliss-reactive ketones (excluding diaryl/α,β-unsaturated/α-hetero) is 1. The van der Waals surface area contributed by atoms with Crippen LogP contribution in [0, 0.1) is 0 Å². The van der Waals surface area contributed by atoms with Crippen molar-refractivity contribution in [2.75, 3.05) is 7.11 Å². The Morgan fingerprint density at radius 2 is 1.67 bits per heavy atom. The molecule has 0 aliphatic rings. The molecule has 2 aromatic carbocycles. The number of hydrogen-bond acceptors (Lipinski definition) is 4. The van der Waals surface area contributed by atoms with Gasteiger partial charge in [0.2, 0.25) is 5.78 Å². The lowest BCUT2D eigenvalue weighted by atomic mass is 10.1. The van der Waals surface area contributed by atoms with Crippen LogP contribution in [0.1, 0.15) is 22.8 Å². The second-order valence-corrected chi connectivity index (χ2v) is 5.97. The van der Waals surface area contributed by atoms with Gasteiger partial charge in [0, 0.05) is 16.1 Å². The van der Waals surface area contributed by atoms with Crippen molar-refractivity contribution in [3.8, 4) is 5.75 Å². The number of benzene rings is 2. The standard InChI is InChI=1S/C19H17BrO4/c1-13(19(22)15-6-8-16(20)9-7-15)24-18(21)12-5-14-3-10-17(23-2)11-4-14/h3-13H,1-2H3/b12-5+/t13-/m1/s1. The maximum absolute atomic E-state index is 12.2. The van der Waals surface area contributed by atoms with Crippen LogP contribution in [0.3, 0.4) is 0 Å². The highest BCUT2D eigenvalue weighted by Crippen LogP contribution is 2.14. The van der Waals surface area contributed by atoms with Crippen molar-refractivity contribution in [3.63, 3.8) is 0 Å². The van der Waals surface area contributed by atoms with Gasteiger partial charge in [-0.15, -0.1) is 0 Å². The van der Waals surface area contributed by atoms with Gasteiger partial charge in [0.25, 0.3) is 0 Å². The Labute approximate surface area is 149 Å². The van der Waals surface area contributed by atoms with Gasteiger partial charge in [0.15, 0.2) is 6.10 Å². The van der Waals surface area contributed by atoms with E-state index in [4.69, 9.17) is 9.47 Å². The van der Waals surface area contributed by atoms with Crippen molar-refractivity contribution in [1.29, 1.82) is 0 Å². The van der Waals surface area contributed by atoms with Crippen molar-refractivity contribution in [2.45, 2.75) is 13.0 Å². The first-order valence-corrected chi connectivity index (χ1v) is 8.11. The van der Waals surface area contributed by atoms with E-state index in [0.717, 1.165) is 15.8 Å². The fraction of sp³-hybridized carbons (Fsp3) is 0.158. The molecule has 4 nitrogen and oxygen atoms in total. The lowest BCUT2D eigenvalue weighted by Crippen LogP contribution is -2.23. The van der Waals surface area contributed by atoms with Crippen molar-refractivity contribution in [1.82, 2.24) is 0 Å². The number of halogens is 1. The van der Waals surface area contributed by atoms with Crippen LogP contribution in [0.2, 0.25) is 0 Å². The zero-order valence-corrected chi connectivity index (χ0v) is 14.9. The van der Waals surface area contributed by atoms with E-state index in [0.29, 0.717) is 5.56 Å². The molecular weight excluding hydrogens is 372 g/mol. The summed E-state index contributed by atoms with van der Waals surface area (Å²) in [4.78, 5) is 24.1. The van der Waals surface area contributed by atoms with Crippen molar-refractivity contribution >= 4 is 33.8 Å². The summed E-state index contributed by atoms with van der Waals surface area (Å²) in [5.41, 5.74) is 1.33. The molecule has 0 spiro atoms. The highest BCUT2D eigenvalue weighted by molar-refractivity contribution is 9.10. The van der Waals surface area contributed by atoms with Crippen LogP contribution >= 0.6 is 15.9 Å². The normalized spacial score (nSPS) is 12.0. The molecule has 0 saturated heterocycles. The minimum atomic E-state index is -0.848. The Morgan fingerprint density at radius 1 is 1.04 bits per heavy atom. The van der Waals surface area contributed by atoms with E-state index in [2.05, 4.69) is 15.9 Å². The van der Waals surface area contributed by atoms with E-state index >= 15 is 0 Å². The molecule has 0 aliphatic heterocycles. The van der Waals surface area contributed by atoms with Gasteiger partial charge in [-0.2, -0.15) is 0 Å². The third-order valence-corrected chi connectivity index (χ3v) is 3.85. The Hall–Kier alpha value is -2.40. The summed E-state index contributed by atoms with van der Waals surface area (Å²) >= 11 is 3.31. The number of methoxy groups -OCH3 is 1. The molecule has 0 bridgehead atoms. The molecule has 2 rings (SSSR count). The SMILES string of the molecule is COc1ccc(/C=C/C(=O)O[C@H](C)C(=O)c2ccc(Br)cc2)cc1. The quantitative estimate of drug-likeness (QED) is 0.420. The van der Waals surface area contributed by atoms with Crippen molar-refractivity contribution in [2.24, 2.45) is 0 Å². The molecule has 0 N–H and O–H groups in total. The van der Waals surface area contributed by atoms with Crippen molar-refractivity contribution < 1.29 is 19.1 Å². The zero-order valence-electron chi connectivity index (χ0n) is 13.4. The zero-order chi connectivity index (χ0) is 17.5. The molecule has 24 heavy (non-hydrogen) atoms. The predicted molar refractivity (Wildman–Crippen MR) is 96.1 cm³/mol. The molecule has 5 heteroatoms. The largest absolute Gasteiger partial charge is 0.497 e. The number of carbonyl (C=O) groups is 2. The van der Waals surface area contributed by atoms with Gasteiger partial charge in [-0.3, -0.25) is 4.79 Å². The number of ether oxygens (including phenoxy) is 2. The highest BCUT2D eigenvalue weighted by Gasteiger charge is 2.18. The van der Waals surface area contributed by atoms with Crippen LogP contribution in [0.4, 0.5) is 0 Å². The smallest absolute Gasteiger partial charge is 0.331 e. The fourth-order valence-electron chi connectivity index (χ4n) is 2.00. The second kappa shape index (κ2) is 8.45. The lowest BCUT2D eigenvalue weighted by Gasteiger charge is -2.10. The molecule has 0 aromatic heterocycles. The Morgan fingerprint density at radius 3 is 2.25 bits per heavy atom. The lowest BCUT2D eigenvalue weighted by molar-refractivity contribution is -0.140. The van der Waals surface area contributed by atoms with E-state index in [1.165, 1.54) is 6.08 Å². The summed E-state index contributed by atoms with van der Waals surface area (Å²) < 4.78 is 11.1. The first-order valence-electron chi connectivity index (χ1n) is 7.32. The topological polar surface area (TPSA) is 52.6 Å². The second-order valence-electron chi connectivity index (χ2n) is 5.06. The Bertz CT molecular complexity index is 733. The van der Waals surface area contributed by atoms with E-state index < -0.39 is 12.1 Å². The predicted octanol–water partition coefficient (Wildman–Crippen LogP) is 4.29. The van der Waals surface area contributed by atoms with Gasteiger partial charge < -0.3 is 9.47 Å². The van der Waals surface area contributed by atoms with E-state index in [1.807, 2.05) is 12.1 Å². The molecule has 0 amide bonds. The van der Waals surface area contributed by atoms with Crippen LogP contribution in [-0.4, -0.2) is 25.0 Å². The summed E-state index contributed by atoms with van der Waals surface area (Å²) in [6.07, 6.45) is 2.07. The molecule has 1 atom stereocenters. The number of carbonyl (C=O) groups excluding carboxylic acids is 2. The van der Waals surface area contributed by atoms with Crippen LogP contribution < -0.4 is 4.74 Å². The van der Waals surface area contributed by atoms with Crippen LogP contribution in [0.25, 0.3) is 6.08 Å². The summed E-state index contributed by atoms with van der Waals surface area (Å²) in [5, 5.41) is 0. The maximum Gasteiger partial charge on any atom is 0.331 e. The number of hydrogen-bond donors (Lipinski definition) is 0. The average molecular weight is 389 g/mol. The van der Waals surface area contributed by atoms with E-state index in [1.54, 1.807) is 56.5 Å². The number of esters is 1. The number of rotatable bonds is 6. The summed E-state index contributed by atoms with van der Waals surface area (Å²) in [7, 11) is 1.59. The third-order valence-electron chi connectivity index (χ3n) is 3.32. The minimum Gasteiger partial charge on any atom is -0.497 e. The minimum absolute atomic E-state index is 0.242. The summed E-state index contributed by atoms with van der Waals surface area (Å²) in [5.74, 6) is -0.0686. The van der Waals surface area contributed by atoms with E-state index in [-0.39, 0.29) is 5.78 Å².